The maximum Gasteiger partial charge on any atom is 0.230 e. The highest BCUT2D eigenvalue weighted by Crippen LogP contribution is 2.39. The molecular weight excluding hydrogens is 244 g/mol. The Balaban J connectivity index is 2.45. The first-order chi connectivity index (χ1) is 8.36. The van der Waals surface area contributed by atoms with E-state index in [4.69, 9.17) is 0 Å². The van der Waals surface area contributed by atoms with E-state index >= 15 is 0 Å². The van der Waals surface area contributed by atoms with E-state index in [1.165, 1.54) is 11.3 Å². The molecule has 0 spiro atoms. The van der Waals surface area contributed by atoms with Crippen molar-refractivity contribution in [3.05, 3.63) is 16.5 Å². The summed E-state index contributed by atoms with van der Waals surface area (Å²) in [5, 5.41) is 12.2. The van der Waals surface area contributed by atoms with Gasteiger partial charge in [0.05, 0.1) is 5.56 Å². The Morgan fingerprint density at radius 1 is 1.50 bits per heavy atom. The summed E-state index contributed by atoms with van der Waals surface area (Å²) in [6.07, 6.45) is 0.881. The first-order valence-electron chi connectivity index (χ1n) is 6.19. The molecule has 0 bridgehead atoms. The molecule has 1 amide bonds. The Kier molecular flexibility index (Phi) is 3.20. The van der Waals surface area contributed by atoms with Gasteiger partial charge in [-0.2, -0.15) is 5.26 Å². The van der Waals surface area contributed by atoms with Crippen LogP contribution in [-0.2, 0) is 10.2 Å². The highest BCUT2D eigenvalue weighted by Gasteiger charge is 2.33. The van der Waals surface area contributed by atoms with Crippen molar-refractivity contribution in [2.45, 2.75) is 39.5 Å². The molecule has 2 rings (SSSR count). The van der Waals surface area contributed by atoms with Crippen LogP contribution < -0.4 is 4.90 Å². The second-order valence-electron chi connectivity index (χ2n) is 5.87. The molecule has 96 valence electrons. The minimum Gasteiger partial charge on any atom is -0.302 e. The van der Waals surface area contributed by atoms with Crippen molar-refractivity contribution >= 4 is 22.2 Å². The van der Waals surface area contributed by atoms with Gasteiger partial charge in [0.25, 0.3) is 0 Å². The van der Waals surface area contributed by atoms with Crippen LogP contribution in [0.25, 0.3) is 0 Å². The average molecular weight is 262 g/mol. The molecule has 2 heterocycles. The third kappa shape index (κ3) is 2.04. The van der Waals surface area contributed by atoms with Crippen LogP contribution in [0.2, 0.25) is 0 Å². The van der Waals surface area contributed by atoms with Crippen LogP contribution in [0.5, 0.6) is 0 Å². The fourth-order valence-electron chi connectivity index (χ4n) is 2.23. The van der Waals surface area contributed by atoms with Crippen LogP contribution >= 0.6 is 11.3 Å². The monoisotopic (exact) mass is 262 g/mol. The molecule has 0 aliphatic carbocycles. The molecule has 1 saturated heterocycles. The molecule has 1 aliphatic rings. The van der Waals surface area contributed by atoms with E-state index in [1.807, 2.05) is 12.3 Å². The minimum atomic E-state index is -0.0613. The molecule has 1 atom stereocenters. The van der Waals surface area contributed by atoms with E-state index in [0.717, 1.165) is 23.5 Å². The number of amides is 1. The lowest BCUT2D eigenvalue weighted by Gasteiger charge is -2.19. The van der Waals surface area contributed by atoms with Crippen molar-refractivity contribution in [2.24, 2.45) is 5.92 Å². The van der Waals surface area contributed by atoms with Gasteiger partial charge in [0.1, 0.15) is 11.1 Å². The Labute approximate surface area is 112 Å². The Bertz CT molecular complexity index is 519. The van der Waals surface area contributed by atoms with Gasteiger partial charge < -0.3 is 4.90 Å². The highest BCUT2D eigenvalue weighted by atomic mass is 32.1. The summed E-state index contributed by atoms with van der Waals surface area (Å²) in [4.78, 5) is 13.8. The van der Waals surface area contributed by atoms with Crippen molar-refractivity contribution in [2.75, 3.05) is 11.4 Å². The highest BCUT2D eigenvalue weighted by molar-refractivity contribution is 7.14. The zero-order valence-corrected chi connectivity index (χ0v) is 12.1. The van der Waals surface area contributed by atoms with Gasteiger partial charge in [0.2, 0.25) is 5.91 Å². The number of carbonyl (C=O) groups is 1. The fraction of sp³-hybridized carbons (Fsp3) is 0.571. The maximum atomic E-state index is 12.1. The number of thiophene rings is 1. The Hall–Kier alpha value is -1.34. The predicted molar refractivity (Wildman–Crippen MR) is 73.9 cm³/mol. The quantitative estimate of drug-likeness (QED) is 0.779. The largest absolute Gasteiger partial charge is 0.302 e. The lowest BCUT2D eigenvalue weighted by Crippen LogP contribution is -2.26. The summed E-state index contributed by atoms with van der Waals surface area (Å²) in [6, 6.07) is 2.28. The molecule has 1 aromatic rings. The number of nitrogens with zero attached hydrogens (tertiary/aromatic N) is 2. The summed E-state index contributed by atoms with van der Waals surface area (Å²) in [6.45, 7) is 8.96. The number of anilines is 1. The van der Waals surface area contributed by atoms with Crippen LogP contribution in [0.3, 0.4) is 0 Å². The number of rotatable bonds is 1. The molecule has 18 heavy (non-hydrogen) atoms. The standard InChI is InChI=1S/C14H18N2OS/c1-9-5-6-16(12(9)17)13-10(7-15)11(8-18-13)14(2,3)4/h8-9H,5-6H2,1-4H3. The van der Waals surface area contributed by atoms with E-state index in [2.05, 4.69) is 26.8 Å². The van der Waals surface area contributed by atoms with Gasteiger partial charge in [-0.25, -0.2) is 0 Å². The number of carbonyl (C=O) groups excluding carboxylic acids is 1. The molecule has 1 fully saturated rings. The predicted octanol–water partition coefficient (Wildman–Crippen LogP) is 3.29. The molecule has 0 saturated carbocycles. The number of hydrogen-bond acceptors (Lipinski definition) is 3. The van der Waals surface area contributed by atoms with Crippen LogP contribution in [0.1, 0.15) is 45.2 Å². The second kappa shape index (κ2) is 4.40. The van der Waals surface area contributed by atoms with Crippen molar-refractivity contribution in [1.82, 2.24) is 0 Å². The molecule has 0 N–H and O–H groups in total. The van der Waals surface area contributed by atoms with Crippen molar-refractivity contribution < 1.29 is 4.79 Å². The third-order valence-electron chi connectivity index (χ3n) is 3.41. The van der Waals surface area contributed by atoms with Gasteiger partial charge in [-0.15, -0.1) is 11.3 Å². The van der Waals surface area contributed by atoms with Gasteiger partial charge in [-0.1, -0.05) is 27.7 Å². The second-order valence-corrected chi connectivity index (χ2v) is 6.73. The van der Waals surface area contributed by atoms with Gasteiger partial charge in [0, 0.05) is 12.5 Å². The molecule has 4 heteroatoms. The van der Waals surface area contributed by atoms with Crippen LogP contribution in [0.15, 0.2) is 5.38 Å². The summed E-state index contributed by atoms with van der Waals surface area (Å²) >= 11 is 1.51. The van der Waals surface area contributed by atoms with Crippen LogP contribution in [-0.4, -0.2) is 12.5 Å². The van der Waals surface area contributed by atoms with Crippen molar-refractivity contribution in [3.63, 3.8) is 0 Å². The maximum absolute atomic E-state index is 12.1. The number of hydrogen-bond donors (Lipinski definition) is 0. The molecule has 1 unspecified atom stereocenters. The first-order valence-corrected chi connectivity index (χ1v) is 7.07. The molecule has 1 aliphatic heterocycles. The van der Waals surface area contributed by atoms with E-state index in [9.17, 15) is 10.1 Å². The lowest BCUT2D eigenvalue weighted by atomic mass is 9.86. The van der Waals surface area contributed by atoms with E-state index < -0.39 is 0 Å². The average Bonchev–Trinajstić information content (AvgIpc) is 2.83. The van der Waals surface area contributed by atoms with Gasteiger partial charge in [0.15, 0.2) is 0 Å². The SMILES string of the molecule is CC1CCN(c2scc(C(C)(C)C)c2C#N)C1=O. The third-order valence-corrected chi connectivity index (χ3v) is 4.41. The zero-order valence-electron chi connectivity index (χ0n) is 11.3. The van der Waals surface area contributed by atoms with Crippen LogP contribution in [0.4, 0.5) is 5.00 Å². The minimum absolute atomic E-state index is 0.0613. The van der Waals surface area contributed by atoms with Crippen molar-refractivity contribution in [1.29, 1.82) is 5.26 Å². The molecule has 0 aromatic carbocycles. The lowest BCUT2D eigenvalue weighted by molar-refractivity contribution is -0.119. The summed E-state index contributed by atoms with van der Waals surface area (Å²) in [5.74, 6) is 0.227. The van der Waals surface area contributed by atoms with E-state index in [0.29, 0.717) is 5.56 Å². The van der Waals surface area contributed by atoms with Crippen molar-refractivity contribution in [3.8, 4) is 6.07 Å². The molecular formula is C14H18N2OS. The van der Waals surface area contributed by atoms with Crippen LogP contribution in [0, 0.1) is 17.2 Å². The Morgan fingerprint density at radius 2 is 2.17 bits per heavy atom. The smallest absolute Gasteiger partial charge is 0.230 e. The van der Waals surface area contributed by atoms with Gasteiger partial charge in [-0.05, 0) is 22.8 Å². The fourth-order valence-corrected chi connectivity index (χ4v) is 3.51. The summed E-state index contributed by atoms with van der Waals surface area (Å²) < 4.78 is 0. The molecule has 1 aromatic heterocycles. The first kappa shape index (κ1) is 13.1. The molecule has 0 radical (unpaired) electrons. The zero-order chi connectivity index (χ0) is 13.5. The summed E-state index contributed by atoms with van der Waals surface area (Å²) in [5.41, 5.74) is 1.65. The number of nitriles is 1. The van der Waals surface area contributed by atoms with Gasteiger partial charge >= 0.3 is 0 Å². The summed E-state index contributed by atoms with van der Waals surface area (Å²) in [7, 11) is 0. The topological polar surface area (TPSA) is 44.1 Å². The van der Waals surface area contributed by atoms with Gasteiger partial charge in [-0.3, -0.25) is 4.79 Å². The normalized spacial score (nSPS) is 20.3. The van der Waals surface area contributed by atoms with E-state index in [-0.39, 0.29) is 17.2 Å². The van der Waals surface area contributed by atoms with E-state index in [1.54, 1.807) is 4.90 Å². The Morgan fingerprint density at radius 3 is 2.61 bits per heavy atom. The molecule has 3 nitrogen and oxygen atoms in total.